The molecule has 4 rings (SSSR count). The first-order valence-corrected chi connectivity index (χ1v) is 7.17. The third kappa shape index (κ3) is 2.61. The van der Waals surface area contributed by atoms with Gasteiger partial charge in [-0.25, -0.2) is 14.6 Å². The van der Waals surface area contributed by atoms with Gasteiger partial charge in [0.05, 0.1) is 17.2 Å². The quantitative estimate of drug-likeness (QED) is 0.321. The molecule has 0 aliphatic carbocycles. The van der Waals surface area contributed by atoms with E-state index in [1.54, 1.807) is 24.3 Å². The Morgan fingerprint density at radius 1 is 1.00 bits per heavy atom. The molecule has 0 bridgehead atoms. The molecule has 0 N–H and O–H groups in total. The van der Waals surface area contributed by atoms with Crippen molar-refractivity contribution in [2.24, 2.45) is 0 Å². The van der Waals surface area contributed by atoms with Gasteiger partial charge in [0.25, 0.3) is 0 Å². The molecule has 0 radical (unpaired) electrons. The van der Waals surface area contributed by atoms with Crippen LogP contribution in [0.1, 0.15) is 10.5 Å². The van der Waals surface area contributed by atoms with Crippen molar-refractivity contribution in [1.29, 1.82) is 0 Å². The van der Waals surface area contributed by atoms with E-state index in [0.717, 1.165) is 5.39 Å². The average molecular weight is 318 g/mol. The topological polar surface area (TPSA) is 82.3 Å². The minimum absolute atomic E-state index is 0.100. The molecular formula is C18H10N2O4. The Labute approximate surface area is 135 Å². The molecule has 0 saturated heterocycles. The van der Waals surface area contributed by atoms with Crippen molar-refractivity contribution in [3.8, 4) is 5.75 Å². The zero-order chi connectivity index (χ0) is 16.5. The normalized spacial score (nSPS) is 10.8. The molecule has 24 heavy (non-hydrogen) atoms. The molecule has 4 aromatic rings. The van der Waals surface area contributed by atoms with Crippen LogP contribution in [0.4, 0.5) is 0 Å². The lowest BCUT2D eigenvalue weighted by atomic mass is 10.2. The number of ether oxygens (including phenoxy) is 1. The number of esters is 1. The van der Waals surface area contributed by atoms with Gasteiger partial charge in [0.1, 0.15) is 11.3 Å². The summed E-state index contributed by atoms with van der Waals surface area (Å²) in [5.74, 6) is -0.373. The predicted octanol–water partition coefficient (Wildman–Crippen LogP) is 2.96. The van der Waals surface area contributed by atoms with Crippen LogP contribution in [-0.4, -0.2) is 15.9 Å². The van der Waals surface area contributed by atoms with E-state index in [1.807, 2.05) is 18.2 Å². The highest BCUT2D eigenvalue weighted by molar-refractivity contribution is 5.91. The van der Waals surface area contributed by atoms with Gasteiger partial charge in [-0.3, -0.25) is 4.98 Å². The van der Waals surface area contributed by atoms with Crippen LogP contribution in [0.15, 0.2) is 70.0 Å². The van der Waals surface area contributed by atoms with Gasteiger partial charge in [0, 0.05) is 17.5 Å². The van der Waals surface area contributed by atoms with E-state index in [2.05, 4.69) is 9.97 Å². The van der Waals surface area contributed by atoms with Crippen LogP contribution in [0, 0.1) is 0 Å². The van der Waals surface area contributed by atoms with Crippen LogP contribution >= 0.6 is 0 Å². The fourth-order valence-electron chi connectivity index (χ4n) is 2.32. The van der Waals surface area contributed by atoms with Gasteiger partial charge in [-0.2, -0.15) is 0 Å². The van der Waals surface area contributed by atoms with Crippen LogP contribution < -0.4 is 10.4 Å². The minimum Gasteiger partial charge on any atom is -0.423 e. The molecule has 0 fully saturated rings. The summed E-state index contributed by atoms with van der Waals surface area (Å²) in [7, 11) is 0. The summed E-state index contributed by atoms with van der Waals surface area (Å²) in [5, 5.41) is 0.736. The number of para-hydroxylation sites is 2. The number of carbonyl (C=O) groups is 1. The summed E-state index contributed by atoms with van der Waals surface area (Å²) in [6, 6.07) is 15.0. The molecule has 0 aliphatic heterocycles. The average Bonchev–Trinajstić information content (AvgIpc) is 2.61. The van der Waals surface area contributed by atoms with Crippen molar-refractivity contribution < 1.29 is 13.9 Å². The van der Waals surface area contributed by atoms with E-state index in [4.69, 9.17) is 9.15 Å². The Hall–Kier alpha value is -3.54. The highest BCUT2D eigenvalue weighted by Gasteiger charge is 2.12. The van der Waals surface area contributed by atoms with Crippen LogP contribution in [-0.2, 0) is 0 Å². The number of aromatic nitrogens is 2. The largest absolute Gasteiger partial charge is 0.423 e. The molecule has 0 amide bonds. The Kier molecular flexibility index (Phi) is 3.28. The van der Waals surface area contributed by atoms with Crippen molar-refractivity contribution >= 4 is 28.0 Å². The number of rotatable bonds is 2. The van der Waals surface area contributed by atoms with Gasteiger partial charge < -0.3 is 9.15 Å². The molecule has 2 heterocycles. The van der Waals surface area contributed by atoms with E-state index in [0.29, 0.717) is 16.6 Å². The van der Waals surface area contributed by atoms with Gasteiger partial charge in [-0.1, -0.05) is 12.1 Å². The third-order valence-corrected chi connectivity index (χ3v) is 3.46. The van der Waals surface area contributed by atoms with E-state index in [1.165, 1.54) is 18.3 Å². The second-order valence-electron chi connectivity index (χ2n) is 5.09. The minimum atomic E-state index is -0.633. The molecule has 0 atom stereocenters. The second kappa shape index (κ2) is 5.58. The zero-order valence-corrected chi connectivity index (χ0v) is 12.3. The molecule has 2 aromatic carbocycles. The van der Waals surface area contributed by atoms with Gasteiger partial charge >= 0.3 is 11.6 Å². The van der Waals surface area contributed by atoms with E-state index in [9.17, 15) is 9.59 Å². The molecule has 2 aromatic heterocycles. The monoisotopic (exact) mass is 318 g/mol. The number of nitrogens with zero attached hydrogens (tertiary/aromatic N) is 2. The van der Waals surface area contributed by atoms with Gasteiger partial charge in [0.2, 0.25) is 0 Å². The highest BCUT2D eigenvalue weighted by atomic mass is 16.5. The first-order chi connectivity index (χ1) is 11.7. The number of hydrogen-bond donors (Lipinski definition) is 0. The lowest BCUT2D eigenvalue weighted by Gasteiger charge is -2.05. The lowest BCUT2D eigenvalue weighted by molar-refractivity contribution is 0.0728. The molecule has 6 heteroatoms. The lowest BCUT2D eigenvalue weighted by Crippen LogP contribution is -2.11. The summed E-state index contributed by atoms with van der Waals surface area (Å²) in [5.41, 5.74) is 1.28. The molecule has 116 valence electrons. The van der Waals surface area contributed by atoms with E-state index >= 15 is 0 Å². The summed E-state index contributed by atoms with van der Waals surface area (Å²) in [6.07, 6.45) is 1.37. The maximum atomic E-state index is 12.2. The van der Waals surface area contributed by atoms with Gasteiger partial charge in [-0.15, -0.1) is 0 Å². The third-order valence-electron chi connectivity index (χ3n) is 3.46. The summed E-state index contributed by atoms with van der Waals surface area (Å²) < 4.78 is 10.4. The standard InChI is InChI=1S/C18H10N2O4/c21-17-8-6-11-5-7-12(9-16(11)24-17)23-18(22)15-10-19-13-3-1-2-4-14(13)20-15/h1-10H. The van der Waals surface area contributed by atoms with Gasteiger partial charge in [-0.05, 0) is 30.3 Å². The van der Waals surface area contributed by atoms with Crippen molar-refractivity contribution in [3.05, 3.63) is 76.9 Å². The molecule has 0 unspecified atom stereocenters. The summed E-state index contributed by atoms with van der Waals surface area (Å²) >= 11 is 0. The Bertz CT molecular complexity index is 1130. The maximum absolute atomic E-state index is 12.2. The van der Waals surface area contributed by atoms with Crippen LogP contribution in [0.5, 0.6) is 5.75 Å². The second-order valence-corrected chi connectivity index (χ2v) is 5.09. The predicted molar refractivity (Wildman–Crippen MR) is 87.0 cm³/mol. The van der Waals surface area contributed by atoms with Crippen molar-refractivity contribution in [2.45, 2.75) is 0 Å². The summed E-state index contributed by atoms with van der Waals surface area (Å²) in [6.45, 7) is 0. The Morgan fingerprint density at radius 3 is 2.67 bits per heavy atom. The number of fused-ring (bicyclic) bond motifs is 2. The molecule has 6 nitrogen and oxygen atoms in total. The van der Waals surface area contributed by atoms with E-state index < -0.39 is 11.6 Å². The highest BCUT2D eigenvalue weighted by Crippen LogP contribution is 2.20. The molecular weight excluding hydrogens is 308 g/mol. The van der Waals surface area contributed by atoms with E-state index in [-0.39, 0.29) is 11.4 Å². The molecule has 0 spiro atoms. The van der Waals surface area contributed by atoms with Crippen molar-refractivity contribution in [1.82, 2.24) is 9.97 Å². The molecule has 0 saturated carbocycles. The van der Waals surface area contributed by atoms with Gasteiger partial charge in [0.15, 0.2) is 5.69 Å². The Morgan fingerprint density at radius 2 is 1.79 bits per heavy atom. The number of hydrogen-bond acceptors (Lipinski definition) is 6. The fraction of sp³-hybridized carbons (Fsp3) is 0. The van der Waals surface area contributed by atoms with Crippen molar-refractivity contribution in [2.75, 3.05) is 0 Å². The first-order valence-electron chi connectivity index (χ1n) is 7.17. The van der Waals surface area contributed by atoms with Crippen molar-refractivity contribution in [3.63, 3.8) is 0 Å². The van der Waals surface area contributed by atoms with Crippen LogP contribution in [0.2, 0.25) is 0 Å². The zero-order valence-electron chi connectivity index (χ0n) is 12.3. The smallest absolute Gasteiger partial charge is 0.363 e. The van der Waals surface area contributed by atoms with Crippen LogP contribution in [0.25, 0.3) is 22.0 Å². The number of benzene rings is 2. The van der Waals surface area contributed by atoms with Crippen LogP contribution in [0.3, 0.4) is 0 Å². The number of carbonyl (C=O) groups excluding carboxylic acids is 1. The fourth-order valence-corrected chi connectivity index (χ4v) is 2.32. The summed E-state index contributed by atoms with van der Waals surface area (Å²) in [4.78, 5) is 31.9. The molecule has 0 aliphatic rings. The maximum Gasteiger partial charge on any atom is 0.363 e. The SMILES string of the molecule is O=C(Oc1ccc2ccc(=O)oc2c1)c1cnc2ccccc2n1. The first kappa shape index (κ1) is 14.1. The Balaban J connectivity index is 1.66.